The SMILES string of the molecule is Cn1cccc1C(=O)N1C[C@@H]2CN(Cc3ccco3)CCO[C@@H]2C1. The highest BCUT2D eigenvalue weighted by atomic mass is 16.5. The molecule has 0 bridgehead atoms. The Balaban J connectivity index is 1.42. The number of hydrogen-bond acceptors (Lipinski definition) is 4. The van der Waals surface area contributed by atoms with Crippen molar-refractivity contribution < 1.29 is 13.9 Å². The zero-order chi connectivity index (χ0) is 16.5. The van der Waals surface area contributed by atoms with Crippen molar-refractivity contribution in [3.8, 4) is 0 Å². The molecule has 2 aromatic rings. The Morgan fingerprint density at radius 3 is 2.92 bits per heavy atom. The van der Waals surface area contributed by atoms with Crippen LogP contribution < -0.4 is 0 Å². The van der Waals surface area contributed by atoms with E-state index in [2.05, 4.69) is 4.90 Å². The van der Waals surface area contributed by atoms with Crippen molar-refractivity contribution in [1.29, 1.82) is 0 Å². The molecule has 2 aliphatic rings. The molecule has 6 nitrogen and oxygen atoms in total. The molecule has 0 aromatic carbocycles. The summed E-state index contributed by atoms with van der Waals surface area (Å²) in [5, 5.41) is 0. The molecule has 0 spiro atoms. The summed E-state index contributed by atoms with van der Waals surface area (Å²) in [7, 11) is 1.91. The van der Waals surface area contributed by atoms with Gasteiger partial charge in [0.05, 0.1) is 25.5 Å². The van der Waals surface area contributed by atoms with Crippen LogP contribution in [0.3, 0.4) is 0 Å². The Morgan fingerprint density at radius 1 is 1.25 bits per heavy atom. The minimum absolute atomic E-state index is 0.0942. The van der Waals surface area contributed by atoms with Crippen molar-refractivity contribution >= 4 is 5.91 Å². The predicted octanol–water partition coefficient (Wildman–Crippen LogP) is 1.59. The van der Waals surface area contributed by atoms with Crippen molar-refractivity contribution in [1.82, 2.24) is 14.4 Å². The number of hydrogen-bond donors (Lipinski definition) is 0. The summed E-state index contributed by atoms with van der Waals surface area (Å²) in [6.45, 7) is 4.77. The number of nitrogens with zero attached hydrogens (tertiary/aromatic N) is 3. The molecule has 0 saturated carbocycles. The third kappa shape index (κ3) is 2.99. The molecule has 2 aromatic heterocycles. The standard InChI is InChI=1S/C18H23N3O3/c1-19-6-2-5-16(19)18(22)21-11-14-10-20(7-9-24-17(14)13-21)12-15-4-3-8-23-15/h2-6,8,14,17H,7,9-13H2,1H3/t14-,17+/m0/s1. The number of aryl methyl sites for hydroxylation is 1. The Kier molecular flexibility index (Phi) is 4.16. The van der Waals surface area contributed by atoms with Gasteiger partial charge in [-0.05, 0) is 24.3 Å². The van der Waals surface area contributed by atoms with Crippen LogP contribution in [0.4, 0.5) is 0 Å². The van der Waals surface area contributed by atoms with Gasteiger partial charge in [-0.1, -0.05) is 0 Å². The minimum atomic E-state index is 0.0942. The van der Waals surface area contributed by atoms with Crippen LogP contribution in [-0.4, -0.2) is 59.2 Å². The van der Waals surface area contributed by atoms with E-state index in [0.29, 0.717) is 19.1 Å². The first kappa shape index (κ1) is 15.5. The summed E-state index contributed by atoms with van der Waals surface area (Å²) in [4.78, 5) is 17.0. The van der Waals surface area contributed by atoms with Crippen LogP contribution in [-0.2, 0) is 18.3 Å². The van der Waals surface area contributed by atoms with Gasteiger partial charge in [0, 0.05) is 45.3 Å². The number of amides is 1. The largest absolute Gasteiger partial charge is 0.468 e. The smallest absolute Gasteiger partial charge is 0.270 e. The summed E-state index contributed by atoms with van der Waals surface area (Å²) >= 11 is 0. The molecule has 0 unspecified atom stereocenters. The third-order valence-corrected chi connectivity index (χ3v) is 5.02. The summed E-state index contributed by atoms with van der Waals surface area (Å²) in [6, 6.07) is 7.70. The Bertz CT molecular complexity index is 694. The number of aromatic nitrogens is 1. The van der Waals surface area contributed by atoms with Gasteiger partial charge < -0.3 is 18.6 Å². The predicted molar refractivity (Wildman–Crippen MR) is 88.5 cm³/mol. The van der Waals surface area contributed by atoms with E-state index < -0.39 is 0 Å². The lowest BCUT2D eigenvalue weighted by Crippen LogP contribution is -2.34. The fraction of sp³-hybridized carbons (Fsp3) is 0.500. The van der Waals surface area contributed by atoms with Gasteiger partial charge in [0.15, 0.2) is 0 Å². The topological polar surface area (TPSA) is 50.9 Å². The second-order valence-electron chi connectivity index (χ2n) is 6.70. The van der Waals surface area contributed by atoms with Crippen LogP contribution >= 0.6 is 0 Å². The number of carbonyl (C=O) groups is 1. The molecule has 2 atom stereocenters. The second-order valence-corrected chi connectivity index (χ2v) is 6.70. The van der Waals surface area contributed by atoms with Gasteiger partial charge in [0.1, 0.15) is 11.5 Å². The van der Waals surface area contributed by atoms with Gasteiger partial charge in [0.2, 0.25) is 0 Å². The maximum Gasteiger partial charge on any atom is 0.270 e. The quantitative estimate of drug-likeness (QED) is 0.858. The summed E-state index contributed by atoms with van der Waals surface area (Å²) in [6.07, 6.45) is 3.75. The number of likely N-dealkylation sites (tertiary alicyclic amines) is 1. The lowest BCUT2D eigenvalue weighted by molar-refractivity contribution is 0.0480. The maximum absolute atomic E-state index is 12.7. The highest BCUT2D eigenvalue weighted by Crippen LogP contribution is 2.25. The van der Waals surface area contributed by atoms with Crippen LogP contribution in [0.1, 0.15) is 16.2 Å². The van der Waals surface area contributed by atoms with Crippen LogP contribution in [0.2, 0.25) is 0 Å². The fourth-order valence-corrected chi connectivity index (χ4v) is 3.74. The van der Waals surface area contributed by atoms with Gasteiger partial charge >= 0.3 is 0 Å². The van der Waals surface area contributed by atoms with Gasteiger partial charge in [-0.2, -0.15) is 0 Å². The highest BCUT2D eigenvalue weighted by Gasteiger charge is 2.39. The molecule has 6 heteroatoms. The highest BCUT2D eigenvalue weighted by molar-refractivity contribution is 5.93. The monoisotopic (exact) mass is 329 g/mol. The molecule has 2 aliphatic heterocycles. The average molecular weight is 329 g/mol. The molecule has 0 radical (unpaired) electrons. The van der Waals surface area contributed by atoms with Crippen molar-refractivity contribution in [3.63, 3.8) is 0 Å². The molecule has 4 rings (SSSR count). The first-order valence-electron chi connectivity index (χ1n) is 8.47. The molecule has 0 N–H and O–H groups in total. The van der Waals surface area contributed by atoms with E-state index >= 15 is 0 Å². The molecule has 2 fully saturated rings. The summed E-state index contributed by atoms with van der Waals surface area (Å²) in [5.74, 6) is 1.42. The van der Waals surface area contributed by atoms with Crippen LogP contribution in [0.15, 0.2) is 41.1 Å². The summed E-state index contributed by atoms with van der Waals surface area (Å²) < 4.78 is 13.4. The molecule has 4 heterocycles. The lowest BCUT2D eigenvalue weighted by Gasteiger charge is -2.22. The van der Waals surface area contributed by atoms with Crippen molar-refractivity contribution in [2.45, 2.75) is 12.6 Å². The van der Waals surface area contributed by atoms with Gasteiger partial charge in [-0.15, -0.1) is 0 Å². The Morgan fingerprint density at radius 2 is 2.17 bits per heavy atom. The van der Waals surface area contributed by atoms with Crippen LogP contribution in [0.5, 0.6) is 0 Å². The Hall–Kier alpha value is -2.05. The van der Waals surface area contributed by atoms with Crippen LogP contribution in [0.25, 0.3) is 0 Å². The van der Waals surface area contributed by atoms with Crippen molar-refractivity contribution in [3.05, 3.63) is 48.2 Å². The van der Waals surface area contributed by atoms with Gasteiger partial charge in [0.25, 0.3) is 5.91 Å². The number of furan rings is 1. The fourth-order valence-electron chi connectivity index (χ4n) is 3.74. The van der Waals surface area contributed by atoms with Gasteiger partial charge in [-0.3, -0.25) is 9.69 Å². The molecule has 1 amide bonds. The normalized spacial score (nSPS) is 24.8. The van der Waals surface area contributed by atoms with E-state index in [1.54, 1.807) is 6.26 Å². The van der Waals surface area contributed by atoms with Crippen molar-refractivity contribution in [2.75, 3.05) is 32.8 Å². The molecule has 24 heavy (non-hydrogen) atoms. The van der Waals surface area contributed by atoms with E-state index in [9.17, 15) is 4.79 Å². The number of carbonyl (C=O) groups excluding carboxylic acids is 1. The van der Waals surface area contributed by atoms with E-state index in [1.165, 1.54) is 0 Å². The van der Waals surface area contributed by atoms with E-state index in [1.807, 2.05) is 47.0 Å². The van der Waals surface area contributed by atoms with Gasteiger partial charge in [-0.25, -0.2) is 0 Å². The molecular formula is C18H23N3O3. The number of ether oxygens (including phenoxy) is 1. The minimum Gasteiger partial charge on any atom is -0.468 e. The molecular weight excluding hydrogens is 306 g/mol. The first-order chi connectivity index (χ1) is 11.7. The van der Waals surface area contributed by atoms with Crippen molar-refractivity contribution in [2.24, 2.45) is 13.0 Å². The third-order valence-electron chi connectivity index (χ3n) is 5.02. The molecule has 2 saturated heterocycles. The first-order valence-corrected chi connectivity index (χ1v) is 8.47. The van der Waals surface area contributed by atoms with E-state index in [-0.39, 0.29) is 12.0 Å². The summed E-state index contributed by atoms with van der Waals surface area (Å²) in [5.41, 5.74) is 0.735. The molecule has 0 aliphatic carbocycles. The lowest BCUT2D eigenvalue weighted by atomic mass is 10.1. The number of fused-ring (bicyclic) bond motifs is 1. The maximum atomic E-state index is 12.7. The second kappa shape index (κ2) is 6.45. The Labute approximate surface area is 141 Å². The number of rotatable bonds is 3. The van der Waals surface area contributed by atoms with E-state index in [4.69, 9.17) is 9.15 Å². The average Bonchev–Trinajstić information content (AvgIpc) is 3.28. The molecule has 128 valence electrons. The zero-order valence-electron chi connectivity index (χ0n) is 13.9. The zero-order valence-corrected chi connectivity index (χ0v) is 13.9. The van der Waals surface area contributed by atoms with Crippen LogP contribution in [0, 0.1) is 5.92 Å². The van der Waals surface area contributed by atoms with E-state index in [0.717, 1.165) is 37.6 Å².